The zero-order valence-electron chi connectivity index (χ0n) is 21.7. The zero-order chi connectivity index (χ0) is 28.2. The topological polar surface area (TPSA) is 158 Å². The summed E-state index contributed by atoms with van der Waals surface area (Å²) in [7, 11) is -4.31. The van der Waals surface area contributed by atoms with E-state index in [2.05, 4.69) is 5.09 Å². The third-order valence-corrected chi connectivity index (χ3v) is 8.38. The number of aliphatic hydroxyl groups is 1. The summed E-state index contributed by atoms with van der Waals surface area (Å²) in [5, 5.41) is 13.2. The molecular formula is C25H33FN3O9P. The van der Waals surface area contributed by atoms with Gasteiger partial charge in [0.05, 0.1) is 6.61 Å². The van der Waals surface area contributed by atoms with Crippen LogP contribution < -0.4 is 20.9 Å². The molecule has 3 N–H and O–H groups in total. The van der Waals surface area contributed by atoms with E-state index < -0.39 is 61.7 Å². The van der Waals surface area contributed by atoms with Crippen molar-refractivity contribution in [3.63, 3.8) is 0 Å². The lowest BCUT2D eigenvalue weighted by molar-refractivity contribution is -0.152. The highest BCUT2D eigenvalue weighted by Gasteiger charge is 2.56. The molecule has 1 aromatic carbocycles. The van der Waals surface area contributed by atoms with Crippen LogP contribution >= 0.6 is 7.75 Å². The number of alkyl halides is 1. The number of rotatable bonds is 10. The van der Waals surface area contributed by atoms with Crippen molar-refractivity contribution < 1.29 is 37.4 Å². The Morgan fingerprint density at radius 1 is 1.26 bits per heavy atom. The zero-order valence-corrected chi connectivity index (χ0v) is 22.6. The maximum atomic E-state index is 15.5. The molecule has 3 unspecified atom stereocenters. The summed E-state index contributed by atoms with van der Waals surface area (Å²) in [4.78, 5) is 38.3. The second-order valence-corrected chi connectivity index (χ2v) is 11.6. The quantitative estimate of drug-likeness (QED) is 0.287. The van der Waals surface area contributed by atoms with Gasteiger partial charge in [0.1, 0.15) is 30.1 Å². The second kappa shape index (κ2) is 12.1. The number of aliphatic hydroxyl groups excluding tert-OH is 1. The van der Waals surface area contributed by atoms with Crippen molar-refractivity contribution in [3.8, 4) is 5.75 Å². The van der Waals surface area contributed by atoms with Crippen LogP contribution in [0.4, 0.5) is 4.39 Å². The number of hydrogen-bond acceptors (Lipinski definition) is 9. The monoisotopic (exact) mass is 569 g/mol. The first kappa shape index (κ1) is 29.2. The molecule has 1 saturated carbocycles. The van der Waals surface area contributed by atoms with Gasteiger partial charge in [-0.25, -0.2) is 13.8 Å². The highest BCUT2D eigenvalue weighted by atomic mass is 31.2. The molecule has 2 heterocycles. The molecule has 14 heteroatoms. The third-order valence-electron chi connectivity index (χ3n) is 6.74. The molecule has 0 radical (unpaired) electrons. The van der Waals surface area contributed by atoms with Gasteiger partial charge < -0.3 is 19.1 Å². The van der Waals surface area contributed by atoms with Gasteiger partial charge in [-0.1, -0.05) is 24.6 Å². The number of esters is 1. The Bertz CT molecular complexity index is 1300. The standard InChI is InChI=1S/C25H33FN3O9P/c1-16(22(32)36-17-9-5-3-6-10-17)28-39(34,38-18-11-7-4-8-12-18)35-15-19-21(31)25(2,26)23(37-19)29-14-13-20(30)27-24(29)33/h4,7-8,11-14,16-17,19,21,23,31H,3,5-6,9-10,15H2,1-2H3,(H,28,34)(H,27,30,33)/t16?,19-,21-,23-,25?,39?/m1/s1. The van der Waals surface area contributed by atoms with Crippen molar-refractivity contribution >= 4 is 13.7 Å². The number of aromatic amines is 1. The van der Waals surface area contributed by atoms with E-state index in [4.69, 9.17) is 18.5 Å². The summed E-state index contributed by atoms with van der Waals surface area (Å²) in [6.45, 7) is 1.85. The first-order chi connectivity index (χ1) is 18.5. The van der Waals surface area contributed by atoms with Crippen LogP contribution in [0.2, 0.25) is 0 Å². The van der Waals surface area contributed by atoms with E-state index in [0.717, 1.165) is 55.9 Å². The molecule has 2 aromatic rings. The molecule has 214 valence electrons. The van der Waals surface area contributed by atoms with Crippen LogP contribution in [0.15, 0.2) is 52.2 Å². The number of carbonyl (C=O) groups is 1. The van der Waals surface area contributed by atoms with Crippen LogP contribution in [-0.4, -0.2) is 57.3 Å². The summed E-state index contributed by atoms with van der Waals surface area (Å²) < 4.78 is 52.4. The Labute approximate surface area is 224 Å². The molecule has 4 rings (SSSR count). The second-order valence-electron chi connectivity index (χ2n) is 9.89. The number of H-pyrrole nitrogens is 1. The molecule has 1 saturated heterocycles. The number of nitrogens with zero attached hydrogens (tertiary/aromatic N) is 1. The van der Waals surface area contributed by atoms with Gasteiger partial charge in [0.15, 0.2) is 11.9 Å². The summed E-state index contributed by atoms with van der Waals surface area (Å²) in [5.74, 6) is -0.463. The number of hydrogen-bond donors (Lipinski definition) is 3. The van der Waals surface area contributed by atoms with Crippen LogP contribution in [0, 0.1) is 0 Å². The molecule has 6 atom stereocenters. The normalized spacial score (nSPS) is 27.9. The van der Waals surface area contributed by atoms with E-state index in [1.165, 1.54) is 19.1 Å². The molecule has 0 amide bonds. The molecule has 12 nitrogen and oxygen atoms in total. The number of carbonyl (C=O) groups excluding carboxylic acids is 1. The largest absolute Gasteiger partial charge is 0.461 e. The maximum Gasteiger partial charge on any atom is 0.459 e. The molecule has 2 fully saturated rings. The fourth-order valence-corrected chi connectivity index (χ4v) is 6.09. The minimum atomic E-state index is -4.31. The van der Waals surface area contributed by atoms with Crippen molar-refractivity contribution in [2.24, 2.45) is 0 Å². The van der Waals surface area contributed by atoms with Gasteiger partial charge in [-0.05, 0) is 51.7 Å². The van der Waals surface area contributed by atoms with Crippen molar-refractivity contribution in [2.45, 2.75) is 82.2 Å². The van der Waals surface area contributed by atoms with Crippen molar-refractivity contribution in [3.05, 3.63) is 63.4 Å². The van der Waals surface area contributed by atoms with Gasteiger partial charge in [-0.2, -0.15) is 5.09 Å². The SMILES string of the molecule is CC(NP(=O)(OC[C@H]1O[C@@H](n2ccc(=O)[nH]c2=O)C(C)(F)[C@@H]1O)Oc1ccccc1)C(=O)OC1CCCCC1. The maximum absolute atomic E-state index is 15.5. The molecule has 0 spiro atoms. The first-order valence-electron chi connectivity index (χ1n) is 12.8. The summed E-state index contributed by atoms with van der Waals surface area (Å²) in [6.07, 6.45) is 0.537. The van der Waals surface area contributed by atoms with Gasteiger partial charge in [-0.3, -0.25) is 23.7 Å². The number of para-hydroxylation sites is 1. The van der Waals surface area contributed by atoms with Gasteiger partial charge in [-0.15, -0.1) is 0 Å². The summed E-state index contributed by atoms with van der Waals surface area (Å²) in [5.41, 5.74) is -4.10. The van der Waals surface area contributed by atoms with Crippen LogP contribution in [0.1, 0.15) is 52.2 Å². The van der Waals surface area contributed by atoms with E-state index in [1.54, 1.807) is 18.2 Å². The minimum Gasteiger partial charge on any atom is -0.461 e. The molecule has 39 heavy (non-hydrogen) atoms. The van der Waals surface area contributed by atoms with Gasteiger partial charge in [0, 0.05) is 12.3 Å². The lowest BCUT2D eigenvalue weighted by atomic mass is 9.98. The highest BCUT2D eigenvalue weighted by molar-refractivity contribution is 7.52. The Hall–Kier alpha value is -2.83. The predicted octanol–water partition coefficient (Wildman–Crippen LogP) is 2.58. The van der Waals surface area contributed by atoms with Crippen molar-refractivity contribution in [1.82, 2.24) is 14.6 Å². The summed E-state index contributed by atoms with van der Waals surface area (Å²) >= 11 is 0. The number of halogens is 1. The number of ether oxygens (including phenoxy) is 2. The molecule has 0 bridgehead atoms. The Balaban J connectivity index is 1.48. The number of benzene rings is 1. The van der Waals surface area contributed by atoms with Crippen LogP contribution in [-0.2, 0) is 23.4 Å². The number of nitrogens with one attached hydrogen (secondary N) is 2. The fourth-order valence-electron chi connectivity index (χ4n) is 4.58. The van der Waals surface area contributed by atoms with Crippen LogP contribution in [0.5, 0.6) is 5.75 Å². The van der Waals surface area contributed by atoms with E-state index in [-0.39, 0.29) is 11.9 Å². The molecule has 1 aliphatic heterocycles. The highest BCUT2D eigenvalue weighted by Crippen LogP contribution is 2.47. The van der Waals surface area contributed by atoms with E-state index in [0.29, 0.717) is 0 Å². The molecule has 1 aromatic heterocycles. The van der Waals surface area contributed by atoms with Crippen LogP contribution in [0.3, 0.4) is 0 Å². The molecular weight excluding hydrogens is 536 g/mol. The smallest absolute Gasteiger partial charge is 0.459 e. The average molecular weight is 570 g/mol. The van der Waals surface area contributed by atoms with E-state index in [9.17, 15) is 24.1 Å². The van der Waals surface area contributed by atoms with Crippen molar-refractivity contribution in [2.75, 3.05) is 6.61 Å². The Morgan fingerprint density at radius 3 is 2.62 bits per heavy atom. The summed E-state index contributed by atoms with van der Waals surface area (Å²) in [6, 6.07) is 7.99. The van der Waals surface area contributed by atoms with Crippen LogP contribution in [0.25, 0.3) is 0 Å². The molecule has 1 aliphatic carbocycles. The first-order valence-corrected chi connectivity index (χ1v) is 14.3. The fraction of sp³-hybridized carbons (Fsp3) is 0.560. The Morgan fingerprint density at radius 2 is 1.95 bits per heavy atom. The van der Waals surface area contributed by atoms with Gasteiger partial charge >= 0.3 is 19.4 Å². The number of aromatic nitrogens is 2. The predicted molar refractivity (Wildman–Crippen MR) is 137 cm³/mol. The van der Waals surface area contributed by atoms with Gasteiger partial charge in [0.25, 0.3) is 5.56 Å². The lowest BCUT2D eigenvalue weighted by Crippen LogP contribution is -2.44. The average Bonchev–Trinajstić information content (AvgIpc) is 3.12. The van der Waals surface area contributed by atoms with E-state index in [1.807, 2.05) is 4.98 Å². The van der Waals surface area contributed by atoms with Gasteiger partial charge in [0.2, 0.25) is 0 Å². The third kappa shape index (κ3) is 7.03. The van der Waals surface area contributed by atoms with E-state index >= 15 is 4.39 Å². The lowest BCUT2D eigenvalue weighted by Gasteiger charge is -2.27. The minimum absolute atomic E-state index is 0.169. The molecule has 2 aliphatic rings. The van der Waals surface area contributed by atoms with Crippen molar-refractivity contribution in [1.29, 1.82) is 0 Å². The Kier molecular flexibility index (Phi) is 9.07.